The number of unbranched alkanes of at least 4 members (excludes halogenated alkanes) is 1. The van der Waals surface area contributed by atoms with E-state index in [1.54, 1.807) is 31.3 Å². The fourth-order valence-corrected chi connectivity index (χ4v) is 3.09. The lowest BCUT2D eigenvalue weighted by molar-refractivity contribution is 0.594. The molecule has 1 rings (SSSR count). The third-order valence-electron chi connectivity index (χ3n) is 2.88. The molecule has 118 valence electrons. The van der Waals surface area contributed by atoms with Gasteiger partial charge in [-0.25, -0.2) is 8.42 Å². The van der Waals surface area contributed by atoms with E-state index in [9.17, 15) is 8.42 Å². The molecule has 0 heterocycles. The molecule has 0 saturated heterocycles. The van der Waals surface area contributed by atoms with Crippen molar-refractivity contribution in [2.45, 2.75) is 24.7 Å². The zero-order chi connectivity index (χ0) is 15.7. The van der Waals surface area contributed by atoms with E-state index in [0.717, 1.165) is 23.9 Å². The number of nitrogens with one attached hydrogen (secondary N) is 2. The van der Waals surface area contributed by atoms with Crippen LogP contribution in [0.3, 0.4) is 0 Å². The highest BCUT2D eigenvalue weighted by Gasteiger charge is 2.13. The monoisotopic (exact) mass is 375 g/mol. The number of halogens is 1. The lowest BCUT2D eigenvalue weighted by Gasteiger charge is -2.11. The minimum atomic E-state index is -3.27. The molecule has 0 aliphatic heterocycles. The van der Waals surface area contributed by atoms with Crippen LogP contribution in [0.1, 0.15) is 19.8 Å². The smallest absolute Gasteiger partial charge is 0.191 e. The van der Waals surface area contributed by atoms with Crippen LogP contribution in [0.2, 0.25) is 0 Å². The van der Waals surface area contributed by atoms with Crippen LogP contribution >= 0.6 is 15.9 Å². The third-order valence-corrected chi connectivity index (χ3v) is 5.14. The van der Waals surface area contributed by atoms with Gasteiger partial charge >= 0.3 is 0 Å². The topological polar surface area (TPSA) is 70.6 Å². The molecule has 0 fully saturated rings. The Balaban J connectivity index is 2.48. The van der Waals surface area contributed by atoms with Crippen LogP contribution < -0.4 is 10.6 Å². The Labute approximate surface area is 135 Å². The SMILES string of the molecule is CCCCNC(=NC)NCCS(=O)(=O)c1ccc(Br)cc1. The Morgan fingerprint density at radius 2 is 1.81 bits per heavy atom. The fraction of sp³-hybridized carbons (Fsp3) is 0.500. The van der Waals surface area contributed by atoms with E-state index < -0.39 is 9.84 Å². The van der Waals surface area contributed by atoms with E-state index in [4.69, 9.17) is 0 Å². The number of hydrogen-bond donors (Lipinski definition) is 2. The zero-order valence-corrected chi connectivity index (χ0v) is 14.8. The summed E-state index contributed by atoms with van der Waals surface area (Å²) in [6.07, 6.45) is 2.15. The quantitative estimate of drug-likeness (QED) is 0.435. The summed E-state index contributed by atoms with van der Waals surface area (Å²) in [5, 5.41) is 6.16. The maximum absolute atomic E-state index is 12.2. The van der Waals surface area contributed by atoms with Gasteiger partial charge in [0.15, 0.2) is 15.8 Å². The minimum absolute atomic E-state index is 0.0309. The molecule has 1 aromatic carbocycles. The van der Waals surface area contributed by atoms with Crippen LogP contribution in [0.4, 0.5) is 0 Å². The molecule has 21 heavy (non-hydrogen) atoms. The number of guanidine groups is 1. The van der Waals surface area contributed by atoms with Gasteiger partial charge in [-0.05, 0) is 30.7 Å². The molecule has 2 N–H and O–H groups in total. The number of benzene rings is 1. The van der Waals surface area contributed by atoms with Crippen molar-refractivity contribution in [3.05, 3.63) is 28.7 Å². The standard InChI is InChI=1S/C14H22BrN3O2S/c1-3-4-9-17-14(16-2)18-10-11-21(19,20)13-7-5-12(15)6-8-13/h5-8H,3-4,9-11H2,1-2H3,(H2,16,17,18). The highest BCUT2D eigenvalue weighted by molar-refractivity contribution is 9.10. The second kappa shape index (κ2) is 9.04. The van der Waals surface area contributed by atoms with Crippen molar-refractivity contribution in [3.63, 3.8) is 0 Å². The first kappa shape index (κ1) is 18.0. The lowest BCUT2D eigenvalue weighted by Crippen LogP contribution is -2.39. The van der Waals surface area contributed by atoms with Gasteiger partial charge in [-0.15, -0.1) is 0 Å². The Hall–Kier alpha value is -1.08. The predicted molar refractivity (Wildman–Crippen MR) is 90.5 cm³/mol. The van der Waals surface area contributed by atoms with Gasteiger partial charge in [0.25, 0.3) is 0 Å². The first-order valence-electron chi connectivity index (χ1n) is 6.92. The predicted octanol–water partition coefficient (Wildman–Crippen LogP) is 2.19. The van der Waals surface area contributed by atoms with E-state index in [1.807, 2.05) is 0 Å². The van der Waals surface area contributed by atoms with Crippen LogP contribution in [0, 0.1) is 0 Å². The van der Waals surface area contributed by atoms with Gasteiger partial charge in [0, 0.05) is 24.6 Å². The third kappa shape index (κ3) is 6.48. The Morgan fingerprint density at radius 1 is 1.19 bits per heavy atom. The number of hydrogen-bond acceptors (Lipinski definition) is 3. The fourth-order valence-electron chi connectivity index (χ4n) is 1.67. The average molecular weight is 376 g/mol. The maximum Gasteiger partial charge on any atom is 0.191 e. The van der Waals surface area contributed by atoms with Gasteiger partial charge in [0.2, 0.25) is 0 Å². The van der Waals surface area contributed by atoms with Gasteiger partial charge in [-0.2, -0.15) is 0 Å². The van der Waals surface area contributed by atoms with E-state index in [-0.39, 0.29) is 5.75 Å². The molecule has 0 aromatic heterocycles. The van der Waals surface area contributed by atoms with E-state index in [2.05, 4.69) is 38.5 Å². The summed E-state index contributed by atoms with van der Waals surface area (Å²) in [6, 6.07) is 6.67. The average Bonchev–Trinajstić information content (AvgIpc) is 2.46. The zero-order valence-electron chi connectivity index (χ0n) is 12.4. The molecule has 0 bridgehead atoms. The Kier molecular flexibility index (Phi) is 7.74. The largest absolute Gasteiger partial charge is 0.356 e. The second-order valence-corrected chi connectivity index (χ2v) is 7.58. The van der Waals surface area contributed by atoms with E-state index in [0.29, 0.717) is 17.4 Å². The van der Waals surface area contributed by atoms with E-state index >= 15 is 0 Å². The Morgan fingerprint density at radius 3 is 2.38 bits per heavy atom. The summed E-state index contributed by atoms with van der Waals surface area (Å²) in [5.74, 6) is 0.665. The maximum atomic E-state index is 12.2. The molecular weight excluding hydrogens is 354 g/mol. The minimum Gasteiger partial charge on any atom is -0.356 e. The summed E-state index contributed by atoms with van der Waals surface area (Å²) in [4.78, 5) is 4.39. The van der Waals surface area contributed by atoms with Crippen LogP contribution in [-0.4, -0.2) is 40.3 Å². The van der Waals surface area contributed by atoms with Crippen LogP contribution in [0.15, 0.2) is 38.6 Å². The number of nitrogens with zero attached hydrogens (tertiary/aromatic N) is 1. The van der Waals surface area contributed by atoms with Crippen molar-refractivity contribution in [3.8, 4) is 0 Å². The van der Waals surface area contributed by atoms with Gasteiger partial charge in [-0.1, -0.05) is 29.3 Å². The summed E-state index contributed by atoms with van der Waals surface area (Å²) in [7, 11) is -1.60. The summed E-state index contributed by atoms with van der Waals surface area (Å²) < 4.78 is 25.2. The Bertz CT molecular complexity index is 556. The lowest BCUT2D eigenvalue weighted by atomic mass is 10.3. The number of rotatable bonds is 7. The molecule has 0 radical (unpaired) electrons. The van der Waals surface area contributed by atoms with Crippen molar-refractivity contribution in [1.82, 2.24) is 10.6 Å². The van der Waals surface area contributed by atoms with Crippen LogP contribution in [0.25, 0.3) is 0 Å². The molecule has 0 spiro atoms. The van der Waals surface area contributed by atoms with Gasteiger partial charge in [0.1, 0.15) is 0 Å². The normalized spacial score (nSPS) is 12.2. The van der Waals surface area contributed by atoms with Gasteiger partial charge < -0.3 is 10.6 Å². The molecule has 7 heteroatoms. The molecule has 0 saturated carbocycles. The van der Waals surface area contributed by atoms with Crippen molar-refractivity contribution in [2.75, 3.05) is 25.9 Å². The van der Waals surface area contributed by atoms with Gasteiger partial charge in [0.05, 0.1) is 10.6 Å². The van der Waals surface area contributed by atoms with Crippen molar-refractivity contribution in [1.29, 1.82) is 0 Å². The highest BCUT2D eigenvalue weighted by Crippen LogP contribution is 2.15. The molecular formula is C14H22BrN3O2S. The molecule has 0 amide bonds. The molecule has 0 atom stereocenters. The molecule has 1 aromatic rings. The molecule has 5 nitrogen and oxygen atoms in total. The molecule has 0 aliphatic rings. The number of sulfone groups is 1. The molecule has 0 aliphatic carbocycles. The molecule has 0 unspecified atom stereocenters. The first-order chi connectivity index (χ1) is 9.99. The summed E-state index contributed by atoms with van der Waals surface area (Å²) >= 11 is 3.29. The second-order valence-electron chi connectivity index (χ2n) is 4.55. The van der Waals surface area contributed by atoms with Crippen molar-refractivity contribution in [2.24, 2.45) is 4.99 Å². The van der Waals surface area contributed by atoms with Crippen molar-refractivity contribution >= 4 is 31.7 Å². The summed E-state index contributed by atoms with van der Waals surface area (Å²) in [6.45, 7) is 3.27. The van der Waals surface area contributed by atoms with E-state index in [1.165, 1.54) is 0 Å². The van der Waals surface area contributed by atoms with Gasteiger partial charge in [-0.3, -0.25) is 4.99 Å². The van der Waals surface area contributed by atoms with Crippen LogP contribution in [0.5, 0.6) is 0 Å². The first-order valence-corrected chi connectivity index (χ1v) is 9.37. The summed E-state index contributed by atoms with van der Waals surface area (Å²) in [5.41, 5.74) is 0. The number of aliphatic imine (C=N–C) groups is 1. The van der Waals surface area contributed by atoms with Crippen molar-refractivity contribution < 1.29 is 8.42 Å². The highest BCUT2D eigenvalue weighted by atomic mass is 79.9. The van der Waals surface area contributed by atoms with Crippen LogP contribution in [-0.2, 0) is 9.84 Å².